The van der Waals surface area contributed by atoms with Gasteiger partial charge in [0.05, 0.1) is 0 Å². The van der Waals surface area contributed by atoms with E-state index in [1.54, 1.807) is 13.0 Å². The first kappa shape index (κ1) is 10.6. The van der Waals surface area contributed by atoms with Gasteiger partial charge in [-0.3, -0.25) is 0 Å². The van der Waals surface area contributed by atoms with Gasteiger partial charge in [-0.25, -0.2) is 4.39 Å². The van der Waals surface area contributed by atoms with Crippen LogP contribution in [-0.2, 0) is 6.42 Å². The molecule has 2 rings (SSSR count). The van der Waals surface area contributed by atoms with E-state index in [1.807, 2.05) is 12.1 Å². The Hall–Kier alpha value is -0.890. The van der Waals surface area contributed by atoms with Crippen LogP contribution in [0.15, 0.2) is 18.2 Å². The van der Waals surface area contributed by atoms with Gasteiger partial charge in [0.25, 0.3) is 0 Å². The molecule has 1 nitrogen and oxygen atoms in total. The normalized spacial score (nSPS) is 20.8. The molecule has 1 atom stereocenters. The largest absolute Gasteiger partial charge is 0.314 e. The molecule has 2 heteroatoms. The summed E-state index contributed by atoms with van der Waals surface area (Å²) in [6.45, 7) is 2.95. The second kappa shape index (κ2) is 4.75. The maximum atomic E-state index is 13.3. The first-order valence-electron chi connectivity index (χ1n) is 5.74. The fraction of sp³-hybridized carbons (Fsp3) is 0.538. The van der Waals surface area contributed by atoms with E-state index in [4.69, 9.17) is 0 Å². The molecule has 0 bridgehead atoms. The maximum absolute atomic E-state index is 13.3. The van der Waals surface area contributed by atoms with Gasteiger partial charge in [-0.2, -0.15) is 0 Å². The van der Waals surface area contributed by atoms with Gasteiger partial charge in [-0.15, -0.1) is 0 Å². The molecule has 1 aliphatic heterocycles. The standard InChI is InChI=1S/C13H18FN/c1-10-4-5-11(9-13(10)14)6-7-12-3-2-8-15-12/h4-5,9,12,15H,2-3,6-8H2,1H3. The van der Waals surface area contributed by atoms with Crippen molar-refractivity contribution in [2.75, 3.05) is 6.54 Å². The minimum Gasteiger partial charge on any atom is -0.314 e. The average Bonchev–Trinajstić information content (AvgIpc) is 2.73. The lowest BCUT2D eigenvalue weighted by molar-refractivity contribution is 0.556. The molecule has 0 aliphatic carbocycles. The molecule has 0 amide bonds. The smallest absolute Gasteiger partial charge is 0.126 e. The Morgan fingerprint density at radius 3 is 3.00 bits per heavy atom. The minimum atomic E-state index is -0.0770. The quantitative estimate of drug-likeness (QED) is 0.803. The van der Waals surface area contributed by atoms with Crippen LogP contribution in [0.4, 0.5) is 4.39 Å². The molecule has 1 N–H and O–H groups in total. The predicted molar refractivity (Wildman–Crippen MR) is 60.5 cm³/mol. The van der Waals surface area contributed by atoms with Crippen LogP contribution in [0.3, 0.4) is 0 Å². The summed E-state index contributed by atoms with van der Waals surface area (Å²) in [5.41, 5.74) is 1.85. The van der Waals surface area contributed by atoms with Crippen LogP contribution in [0.5, 0.6) is 0 Å². The van der Waals surface area contributed by atoms with E-state index < -0.39 is 0 Å². The molecule has 1 heterocycles. The summed E-state index contributed by atoms with van der Waals surface area (Å²) in [5, 5.41) is 3.46. The molecule has 1 unspecified atom stereocenters. The number of hydrogen-bond donors (Lipinski definition) is 1. The molecule has 0 saturated carbocycles. The summed E-state index contributed by atoms with van der Waals surface area (Å²) >= 11 is 0. The summed E-state index contributed by atoms with van der Waals surface area (Å²) < 4.78 is 13.3. The highest BCUT2D eigenvalue weighted by Gasteiger charge is 2.13. The number of halogens is 1. The van der Waals surface area contributed by atoms with Crippen LogP contribution in [0, 0.1) is 12.7 Å². The highest BCUT2D eigenvalue weighted by atomic mass is 19.1. The van der Waals surface area contributed by atoms with Crippen LogP contribution in [0.1, 0.15) is 30.4 Å². The van der Waals surface area contributed by atoms with Gasteiger partial charge in [-0.05, 0) is 56.3 Å². The van der Waals surface area contributed by atoms with Crippen molar-refractivity contribution in [3.63, 3.8) is 0 Å². The number of nitrogens with one attached hydrogen (secondary N) is 1. The van der Waals surface area contributed by atoms with E-state index in [-0.39, 0.29) is 5.82 Å². The first-order valence-corrected chi connectivity index (χ1v) is 5.74. The molecule has 82 valence electrons. The van der Waals surface area contributed by atoms with Crippen LogP contribution in [0.2, 0.25) is 0 Å². The van der Waals surface area contributed by atoms with Crippen molar-refractivity contribution >= 4 is 0 Å². The lowest BCUT2D eigenvalue weighted by Crippen LogP contribution is -2.21. The molecule has 1 aromatic rings. The molecule has 1 saturated heterocycles. The number of hydrogen-bond acceptors (Lipinski definition) is 1. The molecule has 15 heavy (non-hydrogen) atoms. The molecule has 0 spiro atoms. The monoisotopic (exact) mass is 207 g/mol. The van der Waals surface area contributed by atoms with Crippen molar-refractivity contribution in [1.82, 2.24) is 5.32 Å². The lowest BCUT2D eigenvalue weighted by Gasteiger charge is -2.09. The first-order chi connectivity index (χ1) is 7.25. The van der Waals surface area contributed by atoms with Gasteiger partial charge >= 0.3 is 0 Å². The summed E-state index contributed by atoms with van der Waals surface area (Å²) in [5.74, 6) is -0.0770. The molecule has 1 fully saturated rings. The molecular formula is C13H18FN. The fourth-order valence-electron chi connectivity index (χ4n) is 2.14. The van der Waals surface area contributed by atoms with Crippen molar-refractivity contribution in [2.45, 2.75) is 38.6 Å². The summed E-state index contributed by atoms with van der Waals surface area (Å²) in [4.78, 5) is 0. The Morgan fingerprint density at radius 1 is 1.47 bits per heavy atom. The zero-order chi connectivity index (χ0) is 10.7. The highest BCUT2D eigenvalue weighted by molar-refractivity contribution is 5.23. The van der Waals surface area contributed by atoms with E-state index in [0.717, 1.165) is 30.5 Å². The van der Waals surface area contributed by atoms with E-state index in [0.29, 0.717) is 6.04 Å². The predicted octanol–water partition coefficient (Wildman–Crippen LogP) is 2.82. The van der Waals surface area contributed by atoms with E-state index in [2.05, 4.69) is 5.32 Å². The van der Waals surface area contributed by atoms with Gasteiger partial charge in [0.1, 0.15) is 5.82 Å². The van der Waals surface area contributed by atoms with Crippen LogP contribution >= 0.6 is 0 Å². The Balaban J connectivity index is 1.90. The summed E-state index contributed by atoms with van der Waals surface area (Å²) in [7, 11) is 0. The molecule has 0 aromatic heterocycles. The highest BCUT2D eigenvalue weighted by Crippen LogP contribution is 2.15. The topological polar surface area (TPSA) is 12.0 Å². The minimum absolute atomic E-state index is 0.0770. The summed E-state index contributed by atoms with van der Waals surface area (Å²) in [6, 6.07) is 6.22. The average molecular weight is 207 g/mol. The van der Waals surface area contributed by atoms with Crippen molar-refractivity contribution in [3.05, 3.63) is 35.1 Å². The van der Waals surface area contributed by atoms with Gasteiger partial charge in [-0.1, -0.05) is 12.1 Å². The van der Waals surface area contributed by atoms with Crippen molar-refractivity contribution in [2.24, 2.45) is 0 Å². The SMILES string of the molecule is Cc1ccc(CCC2CCCN2)cc1F. The van der Waals surface area contributed by atoms with E-state index in [9.17, 15) is 4.39 Å². The van der Waals surface area contributed by atoms with Crippen LogP contribution in [0.25, 0.3) is 0 Å². The van der Waals surface area contributed by atoms with Gasteiger partial charge < -0.3 is 5.32 Å². The number of rotatable bonds is 3. The Kier molecular flexibility index (Phi) is 3.37. The lowest BCUT2D eigenvalue weighted by atomic mass is 10.0. The van der Waals surface area contributed by atoms with Gasteiger partial charge in [0.2, 0.25) is 0 Å². The third kappa shape index (κ3) is 2.78. The van der Waals surface area contributed by atoms with Gasteiger partial charge in [0, 0.05) is 6.04 Å². The molecule has 1 aromatic carbocycles. The van der Waals surface area contributed by atoms with Crippen LogP contribution in [-0.4, -0.2) is 12.6 Å². The van der Waals surface area contributed by atoms with Crippen molar-refractivity contribution < 1.29 is 4.39 Å². The second-order valence-corrected chi connectivity index (χ2v) is 4.42. The number of benzene rings is 1. The van der Waals surface area contributed by atoms with Crippen LogP contribution < -0.4 is 5.32 Å². The zero-order valence-corrected chi connectivity index (χ0v) is 9.22. The second-order valence-electron chi connectivity index (χ2n) is 4.42. The Bertz CT molecular complexity index is 329. The fourth-order valence-corrected chi connectivity index (χ4v) is 2.14. The molecule has 0 radical (unpaired) electrons. The Labute approximate surface area is 90.7 Å². The molecule has 1 aliphatic rings. The maximum Gasteiger partial charge on any atom is 0.126 e. The third-order valence-electron chi connectivity index (χ3n) is 3.18. The zero-order valence-electron chi connectivity index (χ0n) is 9.22. The van der Waals surface area contributed by atoms with E-state index >= 15 is 0 Å². The summed E-state index contributed by atoms with van der Waals surface area (Å²) in [6.07, 6.45) is 4.67. The van der Waals surface area contributed by atoms with Crippen molar-refractivity contribution in [3.8, 4) is 0 Å². The molecular weight excluding hydrogens is 189 g/mol. The van der Waals surface area contributed by atoms with Crippen molar-refractivity contribution in [1.29, 1.82) is 0 Å². The van der Waals surface area contributed by atoms with E-state index in [1.165, 1.54) is 12.8 Å². The third-order valence-corrected chi connectivity index (χ3v) is 3.18. The Morgan fingerprint density at radius 2 is 2.33 bits per heavy atom. The number of aryl methyl sites for hydroxylation is 2. The van der Waals surface area contributed by atoms with Gasteiger partial charge in [0.15, 0.2) is 0 Å².